The predicted molar refractivity (Wildman–Crippen MR) is 93.1 cm³/mol. The van der Waals surface area contributed by atoms with E-state index in [-0.39, 0.29) is 0 Å². The lowest BCUT2D eigenvalue weighted by atomic mass is 9.98. The SMILES string of the molecule is Cn1/c(=N\N=C2/CCCC(Br)C2Br)sc2ccccc21. The third-order valence-corrected chi connectivity index (χ3v) is 7.49. The van der Waals surface area contributed by atoms with Gasteiger partial charge in [-0.15, -0.1) is 5.10 Å². The molecule has 0 amide bonds. The Morgan fingerprint density at radius 2 is 2.05 bits per heavy atom. The van der Waals surface area contributed by atoms with Crippen molar-refractivity contribution in [2.24, 2.45) is 17.3 Å². The van der Waals surface area contributed by atoms with E-state index >= 15 is 0 Å². The van der Waals surface area contributed by atoms with Gasteiger partial charge in [-0.25, -0.2) is 0 Å². The zero-order valence-electron chi connectivity index (χ0n) is 11.1. The van der Waals surface area contributed by atoms with Crippen molar-refractivity contribution in [3.8, 4) is 0 Å². The fourth-order valence-corrected chi connectivity index (χ4v) is 4.54. The largest absolute Gasteiger partial charge is 0.318 e. The first-order valence-corrected chi connectivity index (χ1v) is 9.25. The summed E-state index contributed by atoms with van der Waals surface area (Å²) in [5.41, 5.74) is 2.34. The number of nitrogens with zero attached hydrogens (tertiary/aromatic N) is 3. The zero-order valence-corrected chi connectivity index (χ0v) is 15.1. The molecular formula is C14H15Br2N3S. The van der Waals surface area contributed by atoms with E-state index < -0.39 is 0 Å². The molecule has 106 valence electrons. The molecule has 20 heavy (non-hydrogen) atoms. The lowest BCUT2D eigenvalue weighted by molar-refractivity contribution is 0.697. The van der Waals surface area contributed by atoms with Gasteiger partial charge in [0.25, 0.3) is 0 Å². The van der Waals surface area contributed by atoms with Gasteiger partial charge >= 0.3 is 0 Å². The summed E-state index contributed by atoms with van der Waals surface area (Å²) in [5, 5.41) is 8.97. The van der Waals surface area contributed by atoms with Crippen LogP contribution in [0.25, 0.3) is 10.2 Å². The van der Waals surface area contributed by atoms with Crippen molar-refractivity contribution >= 4 is 59.1 Å². The van der Waals surface area contributed by atoms with Crippen LogP contribution in [0.3, 0.4) is 0 Å². The Morgan fingerprint density at radius 1 is 1.25 bits per heavy atom. The molecule has 2 unspecified atom stereocenters. The molecule has 1 aliphatic carbocycles. The number of alkyl halides is 2. The number of para-hydroxylation sites is 1. The maximum absolute atomic E-state index is 4.50. The summed E-state index contributed by atoms with van der Waals surface area (Å²) in [6, 6.07) is 8.34. The molecule has 0 spiro atoms. The highest BCUT2D eigenvalue weighted by molar-refractivity contribution is 9.12. The quantitative estimate of drug-likeness (QED) is 0.492. The summed E-state index contributed by atoms with van der Waals surface area (Å²) in [7, 11) is 2.04. The van der Waals surface area contributed by atoms with Crippen molar-refractivity contribution in [1.82, 2.24) is 4.57 Å². The molecule has 3 rings (SSSR count). The second kappa shape index (κ2) is 6.12. The topological polar surface area (TPSA) is 29.6 Å². The third kappa shape index (κ3) is 2.78. The first-order chi connectivity index (χ1) is 9.66. The molecule has 2 aromatic rings. The number of fused-ring (bicyclic) bond motifs is 1. The van der Waals surface area contributed by atoms with Crippen LogP contribution in [0, 0.1) is 0 Å². The molecule has 0 bridgehead atoms. The Morgan fingerprint density at radius 3 is 2.85 bits per heavy atom. The van der Waals surface area contributed by atoms with Crippen molar-refractivity contribution in [3.05, 3.63) is 29.1 Å². The Kier molecular flexibility index (Phi) is 4.43. The van der Waals surface area contributed by atoms with E-state index in [1.54, 1.807) is 11.3 Å². The minimum Gasteiger partial charge on any atom is -0.318 e. The average Bonchev–Trinajstić information content (AvgIpc) is 2.78. The number of hydrogen-bond acceptors (Lipinski definition) is 3. The average molecular weight is 417 g/mol. The van der Waals surface area contributed by atoms with Crippen molar-refractivity contribution < 1.29 is 0 Å². The predicted octanol–water partition coefficient (Wildman–Crippen LogP) is 4.21. The van der Waals surface area contributed by atoms with E-state index in [1.165, 1.54) is 23.1 Å². The minimum atomic E-state index is 0.291. The van der Waals surface area contributed by atoms with E-state index in [1.807, 2.05) is 7.05 Å². The number of halogens is 2. The van der Waals surface area contributed by atoms with Crippen LogP contribution in [0.1, 0.15) is 19.3 Å². The minimum absolute atomic E-state index is 0.291. The van der Waals surface area contributed by atoms with Crippen molar-refractivity contribution in [2.75, 3.05) is 0 Å². The highest BCUT2D eigenvalue weighted by Gasteiger charge is 2.25. The van der Waals surface area contributed by atoms with Crippen LogP contribution in [0.4, 0.5) is 0 Å². The number of thiazole rings is 1. The van der Waals surface area contributed by atoms with Gasteiger partial charge in [0.15, 0.2) is 0 Å². The van der Waals surface area contributed by atoms with Crippen LogP contribution in [-0.2, 0) is 7.05 Å². The number of benzene rings is 1. The maximum atomic E-state index is 4.50. The van der Waals surface area contributed by atoms with Crippen molar-refractivity contribution in [3.63, 3.8) is 0 Å². The molecule has 0 aliphatic heterocycles. The van der Waals surface area contributed by atoms with Crippen LogP contribution in [0.5, 0.6) is 0 Å². The number of rotatable bonds is 1. The molecule has 1 heterocycles. The lowest BCUT2D eigenvalue weighted by Gasteiger charge is -2.23. The van der Waals surface area contributed by atoms with Crippen molar-refractivity contribution in [1.29, 1.82) is 0 Å². The van der Waals surface area contributed by atoms with Gasteiger partial charge < -0.3 is 4.57 Å². The van der Waals surface area contributed by atoms with Gasteiger partial charge in [-0.05, 0) is 31.4 Å². The molecule has 1 aromatic heterocycles. The van der Waals surface area contributed by atoms with Gasteiger partial charge in [0.1, 0.15) is 0 Å². The second-order valence-electron chi connectivity index (χ2n) is 4.91. The maximum Gasteiger partial charge on any atom is 0.211 e. The molecule has 0 N–H and O–H groups in total. The summed E-state index contributed by atoms with van der Waals surface area (Å²) in [5.74, 6) is 0. The highest BCUT2D eigenvalue weighted by atomic mass is 79.9. The molecular weight excluding hydrogens is 402 g/mol. The number of aryl methyl sites for hydroxylation is 1. The Bertz CT molecular complexity index is 717. The van der Waals surface area contributed by atoms with E-state index in [9.17, 15) is 0 Å². The summed E-state index contributed by atoms with van der Waals surface area (Å²) in [6.07, 6.45) is 3.38. The fraction of sp³-hybridized carbons (Fsp3) is 0.429. The molecule has 2 atom stereocenters. The highest BCUT2D eigenvalue weighted by Crippen LogP contribution is 2.28. The number of hydrogen-bond donors (Lipinski definition) is 0. The fourth-order valence-electron chi connectivity index (χ4n) is 2.36. The zero-order chi connectivity index (χ0) is 14.1. The van der Waals surface area contributed by atoms with Gasteiger partial charge in [-0.3, -0.25) is 0 Å². The summed E-state index contributed by atoms with van der Waals surface area (Å²) >= 11 is 9.07. The van der Waals surface area contributed by atoms with E-state index in [0.29, 0.717) is 9.65 Å². The summed E-state index contributed by atoms with van der Waals surface area (Å²) in [4.78, 5) is 1.69. The lowest BCUT2D eigenvalue weighted by Crippen LogP contribution is -2.29. The Hall–Kier alpha value is -0.460. The Balaban J connectivity index is 2.00. The van der Waals surface area contributed by atoms with Crippen LogP contribution >= 0.6 is 43.2 Å². The van der Waals surface area contributed by atoms with E-state index in [4.69, 9.17) is 0 Å². The third-order valence-electron chi connectivity index (χ3n) is 3.53. The van der Waals surface area contributed by atoms with E-state index in [0.717, 1.165) is 16.9 Å². The van der Waals surface area contributed by atoms with Gasteiger partial charge in [0.2, 0.25) is 4.80 Å². The van der Waals surface area contributed by atoms with Crippen LogP contribution < -0.4 is 4.80 Å². The molecule has 0 saturated heterocycles. The molecule has 6 heteroatoms. The molecule has 0 radical (unpaired) electrons. The standard InChI is InChI=1S/C14H15Br2N3S/c1-19-11-7-2-3-8-12(11)20-14(19)18-17-10-6-4-5-9(15)13(10)16/h2-3,7-9,13H,4-6H2,1H3/b17-10+,18-14+. The van der Waals surface area contributed by atoms with Gasteiger partial charge in [-0.2, -0.15) is 5.10 Å². The summed E-state index contributed by atoms with van der Waals surface area (Å²) in [6.45, 7) is 0. The van der Waals surface area contributed by atoms with Gasteiger partial charge in [-0.1, -0.05) is 55.3 Å². The van der Waals surface area contributed by atoms with Crippen LogP contribution in [0.2, 0.25) is 0 Å². The first kappa shape index (κ1) is 14.5. The molecule has 1 aromatic carbocycles. The summed E-state index contributed by atoms with van der Waals surface area (Å²) < 4.78 is 3.34. The van der Waals surface area contributed by atoms with Crippen LogP contribution in [-0.4, -0.2) is 19.9 Å². The first-order valence-electron chi connectivity index (χ1n) is 6.60. The van der Waals surface area contributed by atoms with E-state index in [2.05, 4.69) is 70.9 Å². The van der Waals surface area contributed by atoms with Gasteiger partial charge in [0.05, 0.1) is 20.8 Å². The molecule has 1 saturated carbocycles. The monoisotopic (exact) mass is 415 g/mol. The smallest absolute Gasteiger partial charge is 0.211 e. The molecule has 1 aliphatic rings. The second-order valence-corrected chi connectivity index (χ2v) is 8.08. The van der Waals surface area contributed by atoms with Crippen LogP contribution in [0.15, 0.2) is 34.5 Å². The molecule has 1 fully saturated rings. The normalized spacial score (nSPS) is 26.6. The Labute approximate surface area is 138 Å². The number of aromatic nitrogens is 1. The van der Waals surface area contributed by atoms with Gasteiger partial charge in [0, 0.05) is 11.9 Å². The van der Waals surface area contributed by atoms with Crippen molar-refractivity contribution in [2.45, 2.75) is 28.9 Å². The molecule has 3 nitrogen and oxygen atoms in total.